The van der Waals surface area contributed by atoms with Gasteiger partial charge in [-0.25, -0.2) is 0 Å². The van der Waals surface area contributed by atoms with Crippen LogP contribution in [0.4, 0.5) is 0 Å². The highest BCUT2D eigenvalue weighted by molar-refractivity contribution is 6.11. The third-order valence-corrected chi connectivity index (χ3v) is 11.5. The molecule has 0 aromatic heterocycles. The van der Waals surface area contributed by atoms with Crippen LogP contribution in [0.25, 0.3) is 0 Å². The Morgan fingerprint density at radius 2 is 1.58 bits per heavy atom. The van der Waals surface area contributed by atoms with E-state index in [0.717, 1.165) is 50.5 Å². The van der Waals surface area contributed by atoms with Crippen LogP contribution in [0.1, 0.15) is 108 Å². The molecule has 50 heavy (non-hydrogen) atoms. The van der Waals surface area contributed by atoms with Crippen molar-refractivity contribution in [3.8, 4) is 0 Å². The fraction of sp³-hybridized carbons (Fsp3) is 0.718. The Morgan fingerprint density at radius 3 is 2.20 bits per heavy atom. The maximum atomic E-state index is 14.8. The van der Waals surface area contributed by atoms with E-state index < -0.39 is 41.4 Å². The van der Waals surface area contributed by atoms with Crippen molar-refractivity contribution in [3.63, 3.8) is 0 Å². The maximum Gasteiger partial charge on any atom is 0.245 e. The molecule has 3 fully saturated rings. The molecule has 11 heteroatoms. The van der Waals surface area contributed by atoms with Gasteiger partial charge in [0.25, 0.3) is 0 Å². The van der Waals surface area contributed by atoms with E-state index in [-0.39, 0.29) is 29.4 Å². The first-order valence-electron chi connectivity index (χ1n) is 19.2. The second-order valence-electron chi connectivity index (χ2n) is 15.0. The van der Waals surface area contributed by atoms with E-state index in [9.17, 15) is 24.0 Å². The van der Waals surface area contributed by atoms with Gasteiger partial charge >= 0.3 is 0 Å². The van der Waals surface area contributed by atoms with E-state index in [1.807, 2.05) is 36.6 Å². The molecule has 2 saturated carbocycles. The number of nitrogens with two attached hydrogens (primary N) is 3. The van der Waals surface area contributed by atoms with Gasteiger partial charge in [0, 0.05) is 6.54 Å². The summed E-state index contributed by atoms with van der Waals surface area (Å²) >= 11 is 0. The third kappa shape index (κ3) is 10.1. The van der Waals surface area contributed by atoms with Crippen molar-refractivity contribution in [1.82, 2.24) is 15.5 Å². The summed E-state index contributed by atoms with van der Waals surface area (Å²) < 4.78 is 0. The van der Waals surface area contributed by atoms with E-state index in [1.54, 1.807) is 11.9 Å². The van der Waals surface area contributed by atoms with Crippen LogP contribution >= 0.6 is 0 Å². The van der Waals surface area contributed by atoms with Crippen LogP contribution in [0.5, 0.6) is 0 Å². The average molecular weight is 694 g/mol. The summed E-state index contributed by atoms with van der Waals surface area (Å²) in [6.45, 7) is 0.778. The van der Waals surface area contributed by atoms with E-state index in [0.29, 0.717) is 70.9 Å². The number of likely N-dealkylation sites (N-methyl/N-ethyl adjacent to an activating group) is 1. The van der Waals surface area contributed by atoms with Crippen molar-refractivity contribution in [3.05, 3.63) is 35.9 Å². The number of ketones is 2. The van der Waals surface area contributed by atoms with Crippen molar-refractivity contribution >= 4 is 29.7 Å². The van der Waals surface area contributed by atoms with Crippen molar-refractivity contribution < 1.29 is 24.0 Å². The molecular formula is C39H61N6O5. The Balaban J connectivity index is 1.57. The molecular weight excluding hydrogens is 632 g/mol. The second kappa shape index (κ2) is 19.6. The molecule has 1 unspecified atom stereocenters. The van der Waals surface area contributed by atoms with Gasteiger partial charge in [0.1, 0.15) is 6.04 Å². The lowest BCUT2D eigenvalue weighted by molar-refractivity contribution is -0.145. The lowest BCUT2D eigenvalue weighted by atomic mass is 9.65. The van der Waals surface area contributed by atoms with Crippen molar-refractivity contribution in [2.75, 3.05) is 20.1 Å². The molecule has 2 aliphatic carbocycles. The van der Waals surface area contributed by atoms with Crippen molar-refractivity contribution in [2.45, 2.75) is 139 Å². The number of rotatable bonds is 19. The zero-order valence-electron chi connectivity index (χ0n) is 30.1. The zero-order chi connectivity index (χ0) is 36.1. The summed E-state index contributed by atoms with van der Waals surface area (Å²) in [4.78, 5) is 71.2. The van der Waals surface area contributed by atoms with E-state index in [4.69, 9.17) is 17.2 Å². The standard InChI is InChI=1S/C39H61N6O5/c1-43-32(25-28-16-7-3-8-17-28)37(49)44-31(20-11-12-22-40)38(50)45-23-13-21-33(45)35(47)34(29-18-9-4-10-19-29)39(42,26-46)36(48)30(41)24-27-14-5-2-6-15-27/h3,7-8,16-17,27,29-34,43H,2,4-6,9-15,18-25,40-42H2,1H3,(H,44,49)/t30-,31+,32+,33+,34?,39-/m1/s1. The van der Waals surface area contributed by atoms with E-state index in [1.165, 1.54) is 6.42 Å². The SMILES string of the molecule is CN[C@@H](Cc1ccccc1)C(=O)N[C@@H](CCCCN)C(=O)N1CCC[C@H]1C(=O)C(C1CCCCC1)[C@](N)([C]=O)C(=O)[C@H](N)CC1CCCCC1. The molecule has 0 spiro atoms. The largest absolute Gasteiger partial charge is 0.343 e. The van der Waals surface area contributed by atoms with Crippen LogP contribution in [-0.4, -0.2) is 84.4 Å². The Kier molecular flexibility index (Phi) is 15.6. The highest BCUT2D eigenvalue weighted by Crippen LogP contribution is 2.39. The molecule has 0 bridgehead atoms. The van der Waals surface area contributed by atoms with Gasteiger partial charge in [-0.05, 0) is 88.8 Å². The van der Waals surface area contributed by atoms with Crippen LogP contribution in [0, 0.1) is 17.8 Å². The van der Waals surface area contributed by atoms with Gasteiger partial charge in [0.15, 0.2) is 17.1 Å². The van der Waals surface area contributed by atoms with Gasteiger partial charge in [0.2, 0.25) is 18.1 Å². The number of amides is 2. The highest BCUT2D eigenvalue weighted by Gasteiger charge is 2.54. The molecule has 6 atom stereocenters. The van der Waals surface area contributed by atoms with Gasteiger partial charge in [-0.1, -0.05) is 81.7 Å². The molecule has 1 aliphatic heterocycles. The number of carbonyl (C=O) groups is 4. The monoisotopic (exact) mass is 693 g/mol. The molecule has 1 aromatic carbocycles. The predicted octanol–water partition coefficient (Wildman–Crippen LogP) is 2.86. The fourth-order valence-electron chi connectivity index (χ4n) is 8.69. The molecule has 8 N–H and O–H groups in total. The molecule has 1 heterocycles. The minimum atomic E-state index is -2.20. The second-order valence-corrected chi connectivity index (χ2v) is 15.0. The molecule has 1 radical (unpaired) electrons. The number of hydrogen-bond acceptors (Lipinski definition) is 9. The predicted molar refractivity (Wildman–Crippen MR) is 194 cm³/mol. The number of nitrogens with one attached hydrogen (secondary N) is 2. The lowest BCUT2D eigenvalue weighted by Gasteiger charge is -2.41. The zero-order valence-corrected chi connectivity index (χ0v) is 30.1. The Labute approximate surface area is 298 Å². The molecule has 277 valence electrons. The smallest absolute Gasteiger partial charge is 0.245 e. The van der Waals surface area contributed by atoms with Gasteiger partial charge in [0.05, 0.1) is 24.0 Å². The summed E-state index contributed by atoms with van der Waals surface area (Å²) in [5.41, 5.74) is 17.8. The maximum absolute atomic E-state index is 14.8. The quantitative estimate of drug-likeness (QED) is 0.107. The van der Waals surface area contributed by atoms with Gasteiger partial charge in [-0.2, -0.15) is 0 Å². The minimum absolute atomic E-state index is 0.284. The van der Waals surface area contributed by atoms with Crippen LogP contribution in [0.15, 0.2) is 30.3 Å². The Morgan fingerprint density at radius 1 is 0.920 bits per heavy atom. The summed E-state index contributed by atoms with van der Waals surface area (Å²) in [5.74, 6) is -2.78. The number of nitrogens with zero attached hydrogens (tertiary/aromatic N) is 1. The molecule has 1 saturated heterocycles. The normalized spacial score (nSPS) is 22.6. The Hall–Kier alpha value is -2.99. The first kappa shape index (κ1) is 39.8. The van der Waals surface area contributed by atoms with Crippen molar-refractivity contribution in [1.29, 1.82) is 0 Å². The molecule has 4 rings (SSSR count). The molecule has 3 aliphatic rings. The number of unbranched alkanes of at least 4 members (excludes halogenated alkanes) is 1. The minimum Gasteiger partial charge on any atom is -0.343 e. The Bertz CT molecular complexity index is 1270. The molecule has 1 aromatic rings. The van der Waals surface area contributed by atoms with Crippen LogP contribution in [0.3, 0.4) is 0 Å². The number of carbonyl (C=O) groups excluding carboxylic acids is 5. The average Bonchev–Trinajstić information content (AvgIpc) is 3.64. The van der Waals surface area contributed by atoms with Crippen molar-refractivity contribution in [2.24, 2.45) is 35.0 Å². The summed E-state index contributed by atoms with van der Waals surface area (Å²) in [6, 6.07) is 6.38. The first-order chi connectivity index (χ1) is 24.1. The molecule has 2 amide bonds. The fourth-order valence-corrected chi connectivity index (χ4v) is 8.69. The number of likely N-dealkylation sites (tertiary alicyclic amines) is 1. The van der Waals surface area contributed by atoms with Crippen LogP contribution < -0.4 is 27.8 Å². The number of benzene rings is 1. The van der Waals surface area contributed by atoms with Gasteiger partial charge < -0.3 is 32.7 Å². The summed E-state index contributed by atoms with van der Waals surface area (Å²) in [7, 11) is 1.71. The van der Waals surface area contributed by atoms with Gasteiger partial charge in [-0.3, -0.25) is 24.0 Å². The van der Waals surface area contributed by atoms with Gasteiger partial charge in [-0.15, -0.1) is 0 Å². The van der Waals surface area contributed by atoms with E-state index in [2.05, 4.69) is 10.6 Å². The third-order valence-electron chi connectivity index (χ3n) is 11.5. The topological polar surface area (TPSA) is 191 Å². The summed E-state index contributed by atoms with van der Waals surface area (Å²) in [6.07, 6.45) is 14.7. The van der Waals surface area contributed by atoms with E-state index >= 15 is 0 Å². The molecule has 11 nitrogen and oxygen atoms in total. The number of Topliss-reactive ketones (excluding diaryl/α,β-unsaturated/α-hetero) is 2. The first-order valence-corrected chi connectivity index (χ1v) is 19.2. The lowest BCUT2D eigenvalue weighted by Crippen LogP contribution is -2.66. The van der Waals surface area contributed by atoms with Crippen LogP contribution in [0.2, 0.25) is 0 Å². The van der Waals surface area contributed by atoms with Crippen LogP contribution in [-0.2, 0) is 30.4 Å². The highest BCUT2D eigenvalue weighted by atomic mass is 16.2. The summed E-state index contributed by atoms with van der Waals surface area (Å²) in [5, 5.41) is 6.06. The number of hydrogen-bond donors (Lipinski definition) is 5.